The van der Waals surface area contributed by atoms with Gasteiger partial charge in [0.2, 0.25) is 5.91 Å². The molecule has 2 saturated heterocycles. The lowest BCUT2D eigenvalue weighted by Gasteiger charge is -2.30. The predicted molar refractivity (Wildman–Crippen MR) is 114 cm³/mol. The number of para-hydroxylation sites is 1. The molecule has 0 bridgehead atoms. The van der Waals surface area contributed by atoms with Gasteiger partial charge in [-0.2, -0.15) is 0 Å². The first kappa shape index (κ1) is 23.1. The summed E-state index contributed by atoms with van der Waals surface area (Å²) < 4.78 is 0. The lowest BCUT2D eigenvalue weighted by Crippen LogP contribution is -2.38. The van der Waals surface area contributed by atoms with Gasteiger partial charge in [-0.3, -0.25) is 4.79 Å². The van der Waals surface area contributed by atoms with Crippen LogP contribution in [0.2, 0.25) is 0 Å². The highest BCUT2D eigenvalue weighted by atomic mass is 35.5. The van der Waals surface area contributed by atoms with Crippen molar-refractivity contribution >= 4 is 36.4 Å². The van der Waals surface area contributed by atoms with Crippen LogP contribution in [0, 0.1) is 11.8 Å². The van der Waals surface area contributed by atoms with E-state index in [0.717, 1.165) is 45.7 Å². The summed E-state index contributed by atoms with van der Waals surface area (Å²) in [5, 5.41) is 3.47. The van der Waals surface area contributed by atoms with E-state index in [4.69, 9.17) is 0 Å². The average Bonchev–Trinajstić information content (AvgIpc) is 2.89. The van der Waals surface area contributed by atoms with Crippen molar-refractivity contribution in [1.29, 1.82) is 0 Å². The van der Waals surface area contributed by atoms with Crippen LogP contribution in [0.3, 0.4) is 0 Å². The number of rotatable bonds is 4. The molecule has 1 aromatic carbocycles. The normalized spacial score (nSPS) is 21.8. The fourth-order valence-electron chi connectivity index (χ4n) is 4.00. The van der Waals surface area contributed by atoms with Crippen molar-refractivity contribution in [3.63, 3.8) is 0 Å². The number of piperidine rings is 1. The molecule has 4 nitrogen and oxygen atoms in total. The Kier molecular flexibility index (Phi) is 10.4. The fraction of sp³-hybridized carbons (Fsp3) is 0.650. The third kappa shape index (κ3) is 6.33. The number of carbonyl (C=O) groups excluding carboxylic acids is 1. The van der Waals surface area contributed by atoms with Crippen LogP contribution in [0.25, 0.3) is 0 Å². The number of amides is 1. The number of halogens is 2. The van der Waals surface area contributed by atoms with E-state index in [2.05, 4.69) is 52.4 Å². The Balaban J connectivity index is 0.00000169. The summed E-state index contributed by atoms with van der Waals surface area (Å²) in [6.45, 7) is 8.20. The topological polar surface area (TPSA) is 35.6 Å². The SMILES string of the molecule is CC(CC(=O)N1CCCN(c2ccccc2)CC1)C1CCCNC1.Cl.Cl. The van der Waals surface area contributed by atoms with E-state index in [1.54, 1.807) is 0 Å². The molecule has 1 aromatic rings. The van der Waals surface area contributed by atoms with Crippen molar-refractivity contribution in [2.24, 2.45) is 11.8 Å². The molecule has 2 aliphatic rings. The minimum absolute atomic E-state index is 0. The second-order valence-electron chi connectivity index (χ2n) is 7.34. The molecule has 0 radical (unpaired) electrons. The third-order valence-corrected chi connectivity index (χ3v) is 5.61. The van der Waals surface area contributed by atoms with Gasteiger partial charge in [0.15, 0.2) is 0 Å². The van der Waals surface area contributed by atoms with Crippen molar-refractivity contribution in [3.8, 4) is 0 Å². The zero-order valence-corrected chi connectivity index (χ0v) is 17.4. The van der Waals surface area contributed by atoms with Crippen molar-refractivity contribution in [2.45, 2.75) is 32.6 Å². The molecule has 6 heteroatoms. The van der Waals surface area contributed by atoms with Gasteiger partial charge in [-0.1, -0.05) is 25.1 Å². The van der Waals surface area contributed by atoms with E-state index in [-0.39, 0.29) is 24.8 Å². The van der Waals surface area contributed by atoms with Gasteiger partial charge < -0.3 is 15.1 Å². The van der Waals surface area contributed by atoms with Crippen LogP contribution >= 0.6 is 24.8 Å². The number of nitrogens with zero attached hydrogens (tertiary/aromatic N) is 2. The molecular formula is C20H33Cl2N3O. The van der Waals surface area contributed by atoms with Gasteiger partial charge in [0.1, 0.15) is 0 Å². The van der Waals surface area contributed by atoms with E-state index < -0.39 is 0 Å². The molecule has 3 rings (SSSR count). The average molecular weight is 402 g/mol. The molecule has 1 amide bonds. The van der Waals surface area contributed by atoms with Gasteiger partial charge in [-0.05, 0) is 56.3 Å². The molecule has 1 N–H and O–H groups in total. The maximum Gasteiger partial charge on any atom is 0.222 e. The summed E-state index contributed by atoms with van der Waals surface area (Å²) in [5.41, 5.74) is 1.27. The molecule has 2 heterocycles. The minimum atomic E-state index is 0. The Morgan fingerprint density at radius 2 is 1.88 bits per heavy atom. The summed E-state index contributed by atoms with van der Waals surface area (Å²) in [7, 11) is 0. The Labute approximate surface area is 170 Å². The zero-order chi connectivity index (χ0) is 16.8. The third-order valence-electron chi connectivity index (χ3n) is 5.61. The second-order valence-corrected chi connectivity index (χ2v) is 7.34. The maximum atomic E-state index is 12.7. The van der Waals surface area contributed by atoms with Gasteiger partial charge in [0.05, 0.1) is 0 Å². The summed E-state index contributed by atoms with van der Waals surface area (Å²) in [5.74, 6) is 1.50. The standard InChI is InChI=1S/C20H31N3O.2ClH/c1-17(18-7-5-10-21-16-18)15-20(24)23-12-6-11-22(13-14-23)19-8-3-2-4-9-19;;/h2-4,8-9,17-18,21H,5-7,10-16H2,1H3;2*1H. The van der Waals surface area contributed by atoms with E-state index in [1.807, 2.05) is 0 Å². The van der Waals surface area contributed by atoms with Gasteiger partial charge in [-0.25, -0.2) is 0 Å². The summed E-state index contributed by atoms with van der Waals surface area (Å²) >= 11 is 0. The molecular weight excluding hydrogens is 369 g/mol. The Bertz CT molecular complexity index is 523. The number of hydrogen-bond acceptors (Lipinski definition) is 3. The summed E-state index contributed by atoms with van der Waals surface area (Å²) in [6.07, 6.45) is 4.28. The minimum Gasteiger partial charge on any atom is -0.370 e. The number of hydrogen-bond donors (Lipinski definition) is 1. The van der Waals surface area contributed by atoms with Gasteiger partial charge in [-0.15, -0.1) is 24.8 Å². The molecule has 0 aromatic heterocycles. The van der Waals surface area contributed by atoms with E-state index in [1.165, 1.54) is 18.5 Å². The molecule has 0 saturated carbocycles. The molecule has 26 heavy (non-hydrogen) atoms. The van der Waals surface area contributed by atoms with Gasteiger partial charge in [0.25, 0.3) is 0 Å². The fourth-order valence-corrected chi connectivity index (χ4v) is 4.00. The molecule has 0 spiro atoms. The smallest absolute Gasteiger partial charge is 0.222 e. The van der Waals surface area contributed by atoms with Gasteiger partial charge >= 0.3 is 0 Å². The summed E-state index contributed by atoms with van der Waals surface area (Å²) in [4.78, 5) is 17.2. The van der Waals surface area contributed by atoms with Crippen LogP contribution in [-0.2, 0) is 4.79 Å². The van der Waals surface area contributed by atoms with Crippen LogP contribution in [0.5, 0.6) is 0 Å². The Hall–Kier alpha value is -0.970. The van der Waals surface area contributed by atoms with Gasteiger partial charge in [0, 0.05) is 38.3 Å². The van der Waals surface area contributed by atoms with Crippen LogP contribution in [0.15, 0.2) is 30.3 Å². The maximum absolute atomic E-state index is 12.7. The van der Waals surface area contributed by atoms with Crippen molar-refractivity contribution in [3.05, 3.63) is 30.3 Å². The molecule has 2 unspecified atom stereocenters. The second kappa shape index (κ2) is 11.7. The number of carbonyl (C=O) groups is 1. The van der Waals surface area contributed by atoms with Crippen LogP contribution in [-0.4, -0.2) is 50.1 Å². The molecule has 2 atom stereocenters. The molecule has 148 valence electrons. The van der Waals surface area contributed by atoms with Crippen LogP contribution < -0.4 is 10.2 Å². The largest absolute Gasteiger partial charge is 0.370 e. The highest BCUT2D eigenvalue weighted by molar-refractivity contribution is 5.85. The van der Waals surface area contributed by atoms with Crippen molar-refractivity contribution in [2.75, 3.05) is 44.2 Å². The van der Waals surface area contributed by atoms with Crippen LogP contribution in [0.1, 0.15) is 32.6 Å². The first-order chi connectivity index (χ1) is 11.7. The highest BCUT2D eigenvalue weighted by Gasteiger charge is 2.25. The lowest BCUT2D eigenvalue weighted by atomic mass is 9.85. The van der Waals surface area contributed by atoms with Crippen molar-refractivity contribution in [1.82, 2.24) is 10.2 Å². The monoisotopic (exact) mass is 401 g/mol. The van der Waals surface area contributed by atoms with E-state index >= 15 is 0 Å². The molecule has 2 aliphatic heterocycles. The van der Waals surface area contributed by atoms with Crippen molar-refractivity contribution < 1.29 is 4.79 Å². The molecule has 2 fully saturated rings. The van der Waals surface area contributed by atoms with E-state index in [0.29, 0.717) is 24.2 Å². The zero-order valence-electron chi connectivity index (χ0n) is 15.7. The predicted octanol–water partition coefficient (Wildman–Crippen LogP) is 3.59. The lowest BCUT2D eigenvalue weighted by molar-refractivity contribution is -0.132. The summed E-state index contributed by atoms with van der Waals surface area (Å²) in [6, 6.07) is 10.6. The quantitative estimate of drug-likeness (QED) is 0.836. The first-order valence-electron chi connectivity index (χ1n) is 9.52. The Morgan fingerprint density at radius 3 is 2.58 bits per heavy atom. The number of benzene rings is 1. The highest BCUT2D eigenvalue weighted by Crippen LogP contribution is 2.24. The Morgan fingerprint density at radius 1 is 1.12 bits per heavy atom. The number of anilines is 1. The first-order valence-corrected chi connectivity index (χ1v) is 9.52. The van der Waals surface area contributed by atoms with E-state index in [9.17, 15) is 4.79 Å². The van der Waals surface area contributed by atoms with Crippen LogP contribution in [0.4, 0.5) is 5.69 Å². The molecule has 0 aliphatic carbocycles. The number of nitrogens with one attached hydrogen (secondary N) is 1.